The van der Waals surface area contributed by atoms with E-state index in [4.69, 9.17) is 27.9 Å². The zero-order chi connectivity index (χ0) is 16.5. The highest BCUT2D eigenvalue weighted by atomic mass is 35.5. The van der Waals surface area contributed by atoms with Crippen LogP contribution in [0.25, 0.3) is 5.65 Å². The van der Waals surface area contributed by atoms with Gasteiger partial charge in [0.25, 0.3) is 0 Å². The van der Waals surface area contributed by atoms with E-state index in [0.29, 0.717) is 27.5 Å². The van der Waals surface area contributed by atoms with Crippen molar-refractivity contribution in [2.24, 2.45) is 0 Å². The molecule has 0 saturated carbocycles. The number of thioether (sulfide) groups is 1. The Hall–Kier alpha value is -1.35. The third-order valence-corrected chi connectivity index (χ3v) is 5.32. The summed E-state index contributed by atoms with van der Waals surface area (Å²) in [6.45, 7) is 1.50. The molecular formula is C14H14Cl2N6OS. The molecule has 0 unspecified atom stereocenters. The lowest BCUT2D eigenvalue weighted by atomic mass is 10.1. The second kappa shape index (κ2) is 6.87. The Labute approximate surface area is 152 Å². The number of tetrazole rings is 1. The summed E-state index contributed by atoms with van der Waals surface area (Å²) in [6.07, 6.45) is 5.57. The summed E-state index contributed by atoms with van der Waals surface area (Å²) in [5.74, 6) is 0.652. The summed E-state index contributed by atoms with van der Waals surface area (Å²) in [5.41, 5.74) is 1.59. The zero-order valence-corrected chi connectivity index (χ0v) is 14.9. The first-order chi connectivity index (χ1) is 11.7. The molecule has 0 spiro atoms. The molecule has 0 amide bonds. The second-order valence-corrected chi connectivity index (χ2v) is 7.29. The van der Waals surface area contributed by atoms with Crippen molar-refractivity contribution in [2.75, 3.05) is 13.2 Å². The highest BCUT2D eigenvalue weighted by molar-refractivity contribution is 7.98. The van der Waals surface area contributed by atoms with Crippen molar-refractivity contribution in [3.63, 3.8) is 0 Å². The van der Waals surface area contributed by atoms with Crippen LogP contribution in [0, 0.1) is 0 Å². The Bertz CT molecular complexity index is 860. The minimum atomic E-state index is 0.297. The molecular weight excluding hydrogens is 371 g/mol. The third kappa shape index (κ3) is 3.23. The molecule has 24 heavy (non-hydrogen) atoms. The number of aromatic nitrogens is 6. The Morgan fingerprint density at radius 1 is 1.25 bits per heavy atom. The quantitative estimate of drug-likeness (QED) is 0.642. The molecule has 0 bridgehead atoms. The predicted octanol–water partition coefficient (Wildman–Crippen LogP) is 3.27. The Morgan fingerprint density at radius 3 is 2.92 bits per heavy atom. The van der Waals surface area contributed by atoms with E-state index in [2.05, 4.69) is 20.5 Å². The van der Waals surface area contributed by atoms with Crippen molar-refractivity contribution in [3.8, 4) is 0 Å². The third-order valence-electron chi connectivity index (χ3n) is 3.87. The molecule has 3 aromatic heterocycles. The normalized spacial score (nSPS) is 16.1. The Morgan fingerprint density at radius 2 is 2.08 bits per heavy atom. The van der Waals surface area contributed by atoms with Gasteiger partial charge < -0.3 is 9.14 Å². The number of halogens is 2. The first-order valence-electron chi connectivity index (χ1n) is 7.52. The molecule has 1 saturated heterocycles. The first kappa shape index (κ1) is 16.1. The van der Waals surface area contributed by atoms with Gasteiger partial charge in [-0.15, -0.1) is 5.10 Å². The van der Waals surface area contributed by atoms with Crippen LogP contribution in [0.15, 0.2) is 23.6 Å². The van der Waals surface area contributed by atoms with Crippen molar-refractivity contribution >= 4 is 40.6 Å². The summed E-state index contributed by atoms with van der Waals surface area (Å²) < 4.78 is 9.13. The standard InChI is InChI=1S/C14H14Cl2N6OS/c15-9-5-12(16)13-17-10(7-21(13)6-9)8-24-14-18-19-20-22(14)11-1-3-23-4-2-11/h5-7,11H,1-4,8H2. The maximum atomic E-state index is 6.18. The average molecular weight is 385 g/mol. The molecule has 0 N–H and O–H groups in total. The van der Waals surface area contributed by atoms with Crippen molar-refractivity contribution in [1.29, 1.82) is 0 Å². The number of fused-ring (bicyclic) bond motifs is 1. The maximum Gasteiger partial charge on any atom is 0.209 e. The fourth-order valence-corrected chi connectivity index (χ4v) is 4.08. The van der Waals surface area contributed by atoms with E-state index < -0.39 is 0 Å². The van der Waals surface area contributed by atoms with Gasteiger partial charge in [-0.05, 0) is 29.3 Å². The van der Waals surface area contributed by atoms with Crippen LogP contribution in [0.5, 0.6) is 0 Å². The summed E-state index contributed by atoms with van der Waals surface area (Å²) >= 11 is 13.8. The van der Waals surface area contributed by atoms with E-state index in [1.807, 2.05) is 15.3 Å². The van der Waals surface area contributed by atoms with Gasteiger partial charge in [0, 0.05) is 31.4 Å². The number of pyridine rings is 1. The highest BCUT2D eigenvalue weighted by Gasteiger charge is 2.21. The fraction of sp³-hybridized carbons (Fsp3) is 0.429. The van der Waals surface area contributed by atoms with Crippen LogP contribution in [-0.2, 0) is 10.5 Å². The van der Waals surface area contributed by atoms with Crippen molar-refractivity contribution in [2.45, 2.75) is 29.8 Å². The molecule has 7 nitrogen and oxygen atoms in total. The average Bonchev–Trinajstić information content (AvgIpc) is 3.20. The summed E-state index contributed by atoms with van der Waals surface area (Å²) in [4.78, 5) is 4.55. The highest BCUT2D eigenvalue weighted by Crippen LogP contribution is 2.28. The van der Waals surface area contributed by atoms with Gasteiger partial charge in [-0.2, -0.15) is 0 Å². The first-order valence-corrected chi connectivity index (χ1v) is 9.26. The molecule has 0 aromatic carbocycles. The summed E-state index contributed by atoms with van der Waals surface area (Å²) in [7, 11) is 0. The van der Waals surface area contributed by atoms with Gasteiger partial charge in [0.1, 0.15) is 0 Å². The molecule has 4 rings (SSSR count). The largest absolute Gasteiger partial charge is 0.381 e. The van der Waals surface area contributed by atoms with Crippen LogP contribution in [0.4, 0.5) is 0 Å². The van der Waals surface area contributed by atoms with Crippen LogP contribution >= 0.6 is 35.0 Å². The number of imidazole rings is 1. The predicted molar refractivity (Wildman–Crippen MR) is 91.7 cm³/mol. The number of ether oxygens (including phenoxy) is 1. The molecule has 1 aliphatic rings. The van der Waals surface area contributed by atoms with Gasteiger partial charge in [0.2, 0.25) is 5.16 Å². The van der Waals surface area contributed by atoms with E-state index >= 15 is 0 Å². The molecule has 126 valence electrons. The number of hydrogen-bond donors (Lipinski definition) is 0. The van der Waals surface area contributed by atoms with E-state index in [-0.39, 0.29) is 0 Å². The maximum absolute atomic E-state index is 6.18. The van der Waals surface area contributed by atoms with Gasteiger partial charge in [-0.1, -0.05) is 35.0 Å². The van der Waals surface area contributed by atoms with Gasteiger partial charge >= 0.3 is 0 Å². The van der Waals surface area contributed by atoms with E-state index in [0.717, 1.165) is 36.9 Å². The second-order valence-electron chi connectivity index (χ2n) is 5.51. The Balaban J connectivity index is 1.51. The van der Waals surface area contributed by atoms with Gasteiger partial charge in [0.05, 0.1) is 21.8 Å². The van der Waals surface area contributed by atoms with Crippen LogP contribution in [0.1, 0.15) is 24.6 Å². The SMILES string of the molecule is Clc1cc(Cl)c2nc(CSc3nnnn3C3CCOCC3)cn2c1. The van der Waals surface area contributed by atoms with Crippen LogP contribution in [-0.4, -0.2) is 42.8 Å². The number of nitrogens with zero attached hydrogens (tertiary/aromatic N) is 6. The molecule has 0 aliphatic carbocycles. The smallest absolute Gasteiger partial charge is 0.209 e. The minimum absolute atomic E-state index is 0.297. The summed E-state index contributed by atoms with van der Waals surface area (Å²) in [6, 6.07) is 1.99. The molecule has 0 atom stereocenters. The Kier molecular flexibility index (Phi) is 4.62. The van der Waals surface area contributed by atoms with E-state index in [9.17, 15) is 0 Å². The van der Waals surface area contributed by atoms with Crippen molar-refractivity contribution in [1.82, 2.24) is 29.6 Å². The summed E-state index contributed by atoms with van der Waals surface area (Å²) in [5, 5.41) is 14.0. The molecule has 10 heteroatoms. The van der Waals surface area contributed by atoms with E-state index in [1.165, 1.54) is 0 Å². The van der Waals surface area contributed by atoms with Crippen LogP contribution in [0.2, 0.25) is 10.0 Å². The van der Waals surface area contributed by atoms with Gasteiger partial charge in [-0.3, -0.25) is 0 Å². The van der Waals surface area contributed by atoms with Crippen molar-refractivity contribution in [3.05, 3.63) is 34.2 Å². The minimum Gasteiger partial charge on any atom is -0.381 e. The lowest BCUT2D eigenvalue weighted by Gasteiger charge is -2.22. The van der Waals surface area contributed by atoms with E-state index in [1.54, 1.807) is 24.0 Å². The lowest BCUT2D eigenvalue weighted by Crippen LogP contribution is -2.21. The van der Waals surface area contributed by atoms with Gasteiger partial charge in [-0.25, -0.2) is 9.67 Å². The monoisotopic (exact) mass is 384 g/mol. The van der Waals surface area contributed by atoms with Crippen LogP contribution in [0.3, 0.4) is 0 Å². The van der Waals surface area contributed by atoms with Crippen LogP contribution < -0.4 is 0 Å². The van der Waals surface area contributed by atoms with Gasteiger partial charge in [0.15, 0.2) is 5.65 Å². The zero-order valence-electron chi connectivity index (χ0n) is 12.6. The number of rotatable bonds is 4. The lowest BCUT2D eigenvalue weighted by molar-refractivity contribution is 0.0631. The molecule has 3 aromatic rings. The van der Waals surface area contributed by atoms with Crippen molar-refractivity contribution < 1.29 is 4.74 Å². The topological polar surface area (TPSA) is 70.1 Å². The molecule has 1 fully saturated rings. The molecule has 4 heterocycles. The number of hydrogen-bond acceptors (Lipinski definition) is 6. The fourth-order valence-electron chi connectivity index (χ4n) is 2.72. The molecule has 0 radical (unpaired) electrons. The molecule has 1 aliphatic heterocycles.